The van der Waals surface area contributed by atoms with Crippen molar-refractivity contribution in [2.45, 2.75) is 40.7 Å². The topological polar surface area (TPSA) is 67.1 Å². The Kier molecular flexibility index (Phi) is 4.69. The number of aromatic nitrogens is 2. The molecule has 3 N–H and O–H groups in total. The van der Waals surface area contributed by atoms with Crippen LogP contribution in [0, 0.1) is 12.8 Å². The van der Waals surface area contributed by atoms with E-state index in [1.807, 2.05) is 6.92 Å². The number of hydrogen-bond acceptors (Lipinski definition) is 5. The van der Waals surface area contributed by atoms with Gasteiger partial charge >= 0.3 is 0 Å². The largest absolute Gasteiger partial charge is 0.354 e. The van der Waals surface area contributed by atoms with Crippen molar-refractivity contribution >= 4 is 11.8 Å². The molecule has 0 aromatic carbocycles. The molecule has 1 aromatic rings. The van der Waals surface area contributed by atoms with Gasteiger partial charge in [-0.1, -0.05) is 13.8 Å². The van der Waals surface area contributed by atoms with Gasteiger partial charge in [0.2, 0.25) is 5.95 Å². The Hall–Kier alpha value is -1.36. The highest BCUT2D eigenvalue weighted by Gasteiger charge is 2.16. The van der Waals surface area contributed by atoms with Crippen molar-refractivity contribution in [3.05, 3.63) is 11.8 Å². The summed E-state index contributed by atoms with van der Waals surface area (Å²) >= 11 is 0. The molecule has 0 aliphatic heterocycles. The number of hydrazine groups is 1. The summed E-state index contributed by atoms with van der Waals surface area (Å²) in [6, 6.07) is 0.400. The lowest BCUT2D eigenvalue weighted by Gasteiger charge is -2.30. The van der Waals surface area contributed by atoms with Crippen LogP contribution in [0.15, 0.2) is 6.20 Å². The van der Waals surface area contributed by atoms with Crippen LogP contribution in [0.25, 0.3) is 0 Å². The predicted octanol–water partition coefficient (Wildman–Crippen LogP) is 1.94. The molecule has 96 valence electrons. The summed E-state index contributed by atoms with van der Waals surface area (Å²) in [4.78, 5) is 10.8. The molecule has 1 heterocycles. The molecule has 0 saturated heterocycles. The van der Waals surface area contributed by atoms with Crippen molar-refractivity contribution in [1.82, 2.24) is 9.97 Å². The van der Waals surface area contributed by atoms with Crippen LogP contribution in [0.3, 0.4) is 0 Å². The molecule has 0 spiro atoms. The third kappa shape index (κ3) is 3.56. The first-order valence-corrected chi connectivity index (χ1v) is 6.02. The van der Waals surface area contributed by atoms with E-state index in [0.717, 1.165) is 17.9 Å². The van der Waals surface area contributed by atoms with Crippen LogP contribution < -0.4 is 16.2 Å². The fraction of sp³-hybridized carbons (Fsp3) is 0.667. The molecule has 0 bridgehead atoms. The van der Waals surface area contributed by atoms with Gasteiger partial charge in [-0.2, -0.15) is 4.98 Å². The molecule has 0 saturated carbocycles. The highest BCUT2D eigenvalue weighted by molar-refractivity contribution is 5.49. The summed E-state index contributed by atoms with van der Waals surface area (Å²) in [5, 5.41) is 0. The van der Waals surface area contributed by atoms with Crippen LogP contribution in [-0.4, -0.2) is 22.6 Å². The lowest BCUT2D eigenvalue weighted by Crippen LogP contribution is -2.35. The molecule has 5 heteroatoms. The maximum absolute atomic E-state index is 5.35. The number of aryl methyl sites for hydroxylation is 1. The second-order valence-corrected chi connectivity index (χ2v) is 4.98. The van der Waals surface area contributed by atoms with Crippen molar-refractivity contribution in [2.24, 2.45) is 11.8 Å². The van der Waals surface area contributed by atoms with Crippen LogP contribution in [0.4, 0.5) is 11.8 Å². The average molecular weight is 237 g/mol. The van der Waals surface area contributed by atoms with Crippen LogP contribution in [0.2, 0.25) is 0 Å². The number of nitrogens with one attached hydrogen (secondary N) is 1. The summed E-state index contributed by atoms with van der Waals surface area (Å²) in [6.45, 7) is 11.7. The Morgan fingerprint density at radius 2 is 2.00 bits per heavy atom. The average Bonchev–Trinajstić information content (AvgIpc) is 2.26. The zero-order chi connectivity index (χ0) is 13.0. The molecule has 0 atom stereocenters. The van der Waals surface area contributed by atoms with E-state index in [-0.39, 0.29) is 0 Å². The van der Waals surface area contributed by atoms with E-state index in [1.165, 1.54) is 0 Å². The minimum atomic E-state index is 0.400. The van der Waals surface area contributed by atoms with Crippen LogP contribution in [0.1, 0.15) is 33.3 Å². The number of nitrogen functional groups attached to an aromatic ring is 1. The molecule has 17 heavy (non-hydrogen) atoms. The van der Waals surface area contributed by atoms with Crippen LogP contribution in [-0.2, 0) is 0 Å². The fourth-order valence-electron chi connectivity index (χ4n) is 1.73. The highest BCUT2D eigenvalue weighted by atomic mass is 15.3. The molecule has 0 aliphatic carbocycles. The first-order chi connectivity index (χ1) is 7.95. The van der Waals surface area contributed by atoms with Gasteiger partial charge < -0.3 is 4.90 Å². The summed E-state index contributed by atoms with van der Waals surface area (Å²) in [5.41, 5.74) is 3.56. The molecule has 1 aromatic heterocycles. The van der Waals surface area contributed by atoms with Gasteiger partial charge in [-0.05, 0) is 26.7 Å². The zero-order valence-corrected chi connectivity index (χ0v) is 11.4. The molecule has 0 radical (unpaired) electrons. The van der Waals surface area contributed by atoms with Crippen LogP contribution >= 0.6 is 0 Å². The van der Waals surface area contributed by atoms with Gasteiger partial charge in [-0.15, -0.1) is 0 Å². The minimum absolute atomic E-state index is 0.400. The highest BCUT2D eigenvalue weighted by Crippen LogP contribution is 2.21. The van der Waals surface area contributed by atoms with E-state index < -0.39 is 0 Å². The third-order valence-corrected chi connectivity index (χ3v) is 2.53. The van der Waals surface area contributed by atoms with Crippen molar-refractivity contribution in [2.75, 3.05) is 16.9 Å². The second kappa shape index (κ2) is 5.82. The molecule has 1 rings (SSSR count). The quantitative estimate of drug-likeness (QED) is 0.605. The molecule has 0 aliphatic rings. The molecule has 5 nitrogen and oxygen atoms in total. The number of rotatable bonds is 5. The summed E-state index contributed by atoms with van der Waals surface area (Å²) < 4.78 is 0. The maximum Gasteiger partial charge on any atom is 0.239 e. The molecular formula is C12H23N5. The number of hydrogen-bond donors (Lipinski definition) is 2. The van der Waals surface area contributed by atoms with E-state index in [0.29, 0.717) is 17.9 Å². The van der Waals surface area contributed by atoms with Gasteiger partial charge in [0.25, 0.3) is 0 Å². The molecule has 0 fully saturated rings. The standard InChI is InChI=1S/C12H23N5/c1-8(2)7-17(9(3)4)11-10(5)6-14-12(15-11)16-13/h6,8-9H,7,13H2,1-5H3,(H,14,15,16). The van der Waals surface area contributed by atoms with Crippen molar-refractivity contribution in [3.8, 4) is 0 Å². The second-order valence-electron chi connectivity index (χ2n) is 4.98. The van der Waals surface area contributed by atoms with E-state index in [1.54, 1.807) is 6.20 Å². The first kappa shape index (κ1) is 13.7. The number of nitrogens with two attached hydrogens (primary N) is 1. The van der Waals surface area contributed by atoms with E-state index in [4.69, 9.17) is 5.84 Å². The molecule has 0 unspecified atom stereocenters. The van der Waals surface area contributed by atoms with Crippen molar-refractivity contribution in [3.63, 3.8) is 0 Å². The Balaban J connectivity index is 3.08. The van der Waals surface area contributed by atoms with Crippen LogP contribution in [0.5, 0.6) is 0 Å². The third-order valence-electron chi connectivity index (χ3n) is 2.53. The van der Waals surface area contributed by atoms with Gasteiger partial charge in [0, 0.05) is 24.3 Å². The Bertz CT molecular complexity index is 362. The predicted molar refractivity (Wildman–Crippen MR) is 71.9 cm³/mol. The number of nitrogens with zero attached hydrogens (tertiary/aromatic N) is 3. The Labute approximate surface area is 103 Å². The van der Waals surface area contributed by atoms with E-state index in [2.05, 4.69) is 48.0 Å². The van der Waals surface area contributed by atoms with Gasteiger partial charge in [-0.3, -0.25) is 5.43 Å². The number of anilines is 2. The monoisotopic (exact) mass is 237 g/mol. The Morgan fingerprint density at radius 1 is 1.35 bits per heavy atom. The normalized spacial score (nSPS) is 11.1. The molecule has 0 amide bonds. The van der Waals surface area contributed by atoms with Gasteiger partial charge in [-0.25, -0.2) is 10.8 Å². The summed E-state index contributed by atoms with van der Waals surface area (Å²) in [7, 11) is 0. The van der Waals surface area contributed by atoms with E-state index >= 15 is 0 Å². The van der Waals surface area contributed by atoms with Crippen molar-refractivity contribution < 1.29 is 0 Å². The molecular weight excluding hydrogens is 214 g/mol. The maximum atomic E-state index is 5.35. The van der Waals surface area contributed by atoms with Gasteiger partial charge in [0.15, 0.2) is 0 Å². The van der Waals surface area contributed by atoms with E-state index in [9.17, 15) is 0 Å². The first-order valence-electron chi connectivity index (χ1n) is 6.02. The zero-order valence-electron chi connectivity index (χ0n) is 11.4. The lowest BCUT2D eigenvalue weighted by atomic mass is 10.1. The Morgan fingerprint density at radius 3 is 2.47 bits per heavy atom. The van der Waals surface area contributed by atoms with Gasteiger partial charge in [0.1, 0.15) is 5.82 Å². The SMILES string of the molecule is Cc1cnc(NN)nc1N(CC(C)C)C(C)C. The van der Waals surface area contributed by atoms with Gasteiger partial charge in [0.05, 0.1) is 0 Å². The van der Waals surface area contributed by atoms with Crippen molar-refractivity contribution in [1.29, 1.82) is 0 Å². The summed E-state index contributed by atoms with van der Waals surface area (Å²) in [6.07, 6.45) is 1.80. The summed E-state index contributed by atoms with van der Waals surface area (Å²) in [5.74, 6) is 7.35. The fourth-order valence-corrected chi connectivity index (χ4v) is 1.73. The lowest BCUT2D eigenvalue weighted by molar-refractivity contribution is 0.564. The minimum Gasteiger partial charge on any atom is -0.354 e. The smallest absolute Gasteiger partial charge is 0.239 e.